The largest absolute Gasteiger partial charge is 0.462 e. The first-order chi connectivity index (χ1) is 12.7. The van der Waals surface area contributed by atoms with Crippen molar-refractivity contribution in [1.29, 1.82) is 0 Å². The summed E-state index contributed by atoms with van der Waals surface area (Å²) in [6.07, 6.45) is 1.35. The van der Waals surface area contributed by atoms with Crippen LogP contribution in [-0.4, -0.2) is 25.2 Å². The van der Waals surface area contributed by atoms with Gasteiger partial charge in [-0.2, -0.15) is 0 Å². The molecule has 0 N–H and O–H groups in total. The maximum Gasteiger partial charge on any atom is 0.346 e. The van der Waals surface area contributed by atoms with E-state index in [0.717, 1.165) is 11.1 Å². The molecule has 2 aromatic carbocycles. The predicted octanol–water partition coefficient (Wildman–Crippen LogP) is 4.39. The van der Waals surface area contributed by atoms with E-state index in [1.54, 1.807) is 0 Å². The van der Waals surface area contributed by atoms with E-state index in [1.165, 1.54) is 0 Å². The molecule has 0 aromatic heterocycles. The Morgan fingerprint density at radius 1 is 0.692 bits per heavy atom. The van der Waals surface area contributed by atoms with Crippen molar-refractivity contribution in [3.63, 3.8) is 0 Å². The molecule has 4 nitrogen and oxygen atoms in total. The second kappa shape index (κ2) is 10.2. The summed E-state index contributed by atoms with van der Waals surface area (Å²) < 4.78 is 10.6. The van der Waals surface area contributed by atoms with Crippen LogP contribution in [0.4, 0.5) is 0 Å². The van der Waals surface area contributed by atoms with Crippen LogP contribution >= 0.6 is 0 Å². The molecule has 2 aromatic rings. The lowest BCUT2D eigenvalue weighted by molar-refractivity contribution is -0.147. The van der Waals surface area contributed by atoms with Crippen molar-refractivity contribution >= 4 is 17.5 Å². The summed E-state index contributed by atoms with van der Waals surface area (Å²) >= 11 is 0. The second-order valence-electron chi connectivity index (χ2n) is 5.75. The molecule has 26 heavy (non-hydrogen) atoms. The molecule has 0 spiro atoms. The van der Waals surface area contributed by atoms with Gasteiger partial charge in [-0.15, -0.1) is 0 Å². The fraction of sp³-hybridized carbons (Fsp3) is 0.273. The van der Waals surface area contributed by atoms with Gasteiger partial charge in [0.25, 0.3) is 0 Å². The second-order valence-corrected chi connectivity index (χ2v) is 5.75. The Morgan fingerprint density at radius 3 is 1.42 bits per heavy atom. The Bertz CT molecular complexity index is 685. The molecular formula is C22H24O4. The van der Waals surface area contributed by atoms with Gasteiger partial charge in [-0.05, 0) is 24.0 Å². The van der Waals surface area contributed by atoms with Crippen LogP contribution in [0.2, 0.25) is 0 Å². The summed E-state index contributed by atoms with van der Waals surface area (Å²) in [5, 5.41) is 0. The van der Waals surface area contributed by atoms with Crippen molar-refractivity contribution < 1.29 is 19.1 Å². The lowest BCUT2D eigenvalue weighted by atomic mass is 9.93. The summed E-state index contributed by atoms with van der Waals surface area (Å²) in [6.45, 7) is 4.31. The van der Waals surface area contributed by atoms with Crippen LogP contribution < -0.4 is 0 Å². The first-order valence-corrected chi connectivity index (χ1v) is 8.88. The molecule has 136 valence electrons. The lowest BCUT2D eigenvalue weighted by Crippen LogP contribution is -2.21. The molecule has 0 fully saturated rings. The van der Waals surface area contributed by atoms with E-state index in [9.17, 15) is 9.59 Å². The molecule has 0 unspecified atom stereocenters. The normalized spacial score (nSPS) is 10.1. The van der Waals surface area contributed by atoms with Gasteiger partial charge in [-0.3, -0.25) is 0 Å². The van der Waals surface area contributed by atoms with Crippen molar-refractivity contribution in [3.05, 3.63) is 77.4 Å². The molecule has 0 heterocycles. The Hall–Kier alpha value is -2.88. The highest BCUT2D eigenvalue weighted by Crippen LogP contribution is 2.28. The first-order valence-electron chi connectivity index (χ1n) is 8.88. The zero-order chi connectivity index (χ0) is 18.8. The maximum atomic E-state index is 12.7. The van der Waals surface area contributed by atoms with Crippen LogP contribution in [0.25, 0.3) is 5.57 Å². The molecule has 0 atom stereocenters. The molecule has 0 aliphatic carbocycles. The topological polar surface area (TPSA) is 52.6 Å². The summed E-state index contributed by atoms with van der Waals surface area (Å²) in [5.74, 6) is -1.31. The number of carbonyl (C=O) groups excluding carboxylic acids is 2. The number of hydrogen-bond acceptors (Lipinski definition) is 4. The van der Waals surface area contributed by atoms with Gasteiger partial charge in [0.2, 0.25) is 0 Å². The van der Waals surface area contributed by atoms with Crippen molar-refractivity contribution in [2.75, 3.05) is 13.2 Å². The Balaban J connectivity index is 2.64. The Kier molecular flexibility index (Phi) is 7.62. The van der Waals surface area contributed by atoms with Crippen molar-refractivity contribution in [3.8, 4) is 0 Å². The average Bonchev–Trinajstić information content (AvgIpc) is 2.69. The molecule has 4 heteroatoms. The average molecular weight is 352 g/mol. The quantitative estimate of drug-likeness (QED) is 0.306. The van der Waals surface area contributed by atoms with E-state index >= 15 is 0 Å². The van der Waals surface area contributed by atoms with Gasteiger partial charge in [0.1, 0.15) is 0 Å². The summed E-state index contributed by atoms with van der Waals surface area (Å²) in [6, 6.07) is 18.7. The number of ether oxygens (including phenoxy) is 2. The van der Waals surface area contributed by atoms with Crippen LogP contribution in [0.15, 0.2) is 66.2 Å². The van der Waals surface area contributed by atoms with E-state index in [1.807, 2.05) is 74.5 Å². The first kappa shape index (κ1) is 19.4. The standard InChI is InChI=1S/C22H24O4/c1-3-15-25-21(23)20(22(24)26-16-4-2)19(17-11-7-5-8-12-17)18-13-9-6-10-14-18/h5-14H,3-4,15-16H2,1-2H3. The third kappa shape index (κ3) is 5.06. The van der Waals surface area contributed by atoms with E-state index in [2.05, 4.69) is 0 Å². The molecule has 0 saturated heterocycles. The maximum absolute atomic E-state index is 12.7. The predicted molar refractivity (Wildman–Crippen MR) is 101 cm³/mol. The Morgan fingerprint density at radius 2 is 1.08 bits per heavy atom. The van der Waals surface area contributed by atoms with Crippen LogP contribution in [0.5, 0.6) is 0 Å². The third-order valence-electron chi connectivity index (χ3n) is 3.66. The SMILES string of the molecule is CCCOC(=O)C(C(=O)OCCC)=C(c1ccccc1)c1ccccc1. The third-order valence-corrected chi connectivity index (χ3v) is 3.66. The van der Waals surface area contributed by atoms with Gasteiger partial charge < -0.3 is 9.47 Å². The van der Waals surface area contributed by atoms with Crippen molar-refractivity contribution in [2.24, 2.45) is 0 Å². The van der Waals surface area contributed by atoms with Crippen molar-refractivity contribution in [2.45, 2.75) is 26.7 Å². The summed E-state index contributed by atoms with van der Waals surface area (Å²) in [7, 11) is 0. The fourth-order valence-corrected chi connectivity index (χ4v) is 2.49. The number of esters is 2. The van der Waals surface area contributed by atoms with Crippen LogP contribution in [0, 0.1) is 0 Å². The molecule has 0 amide bonds. The Labute approximate surface area is 154 Å². The molecule has 0 bridgehead atoms. The van der Waals surface area contributed by atoms with E-state index in [4.69, 9.17) is 9.47 Å². The molecule has 0 aliphatic rings. The highest BCUT2D eigenvalue weighted by Gasteiger charge is 2.27. The van der Waals surface area contributed by atoms with E-state index in [0.29, 0.717) is 18.4 Å². The number of carbonyl (C=O) groups is 2. The van der Waals surface area contributed by atoms with Gasteiger partial charge in [0.05, 0.1) is 13.2 Å². The van der Waals surface area contributed by atoms with Gasteiger partial charge in [-0.1, -0.05) is 74.5 Å². The summed E-state index contributed by atoms with van der Waals surface area (Å²) in [5.41, 5.74) is 1.98. The van der Waals surface area contributed by atoms with Crippen LogP contribution in [0.1, 0.15) is 37.8 Å². The lowest BCUT2D eigenvalue weighted by Gasteiger charge is -2.15. The van der Waals surface area contributed by atoms with Gasteiger partial charge in [0, 0.05) is 5.57 Å². The number of rotatable bonds is 8. The minimum absolute atomic E-state index is 0.0655. The molecule has 0 aliphatic heterocycles. The highest BCUT2D eigenvalue weighted by molar-refractivity contribution is 6.21. The minimum Gasteiger partial charge on any atom is -0.462 e. The smallest absolute Gasteiger partial charge is 0.346 e. The zero-order valence-electron chi connectivity index (χ0n) is 15.2. The molecule has 2 rings (SSSR count). The van der Waals surface area contributed by atoms with Crippen LogP contribution in [-0.2, 0) is 19.1 Å². The van der Waals surface area contributed by atoms with E-state index < -0.39 is 11.9 Å². The number of benzene rings is 2. The van der Waals surface area contributed by atoms with Gasteiger partial charge >= 0.3 is 11.9 Å². The number of hydrogen-bond donors (Lipinski definition) is 0. The summed E-state index contributed by atoms with van der Waals surface area (Å²) in [4.78, 5) is 25.4. The minimum atomic E-state index is -0.657. The molecular weight excluding hydrogens is 328 g/mol. The highest BCUT2D eigenvalue weighted by atomic mass is 16.6. The molecule has 0 radical (unpaired) electrons. The monoisotopic (exact) mass is 352 g/mol. The van der Waals surface area contributed by atoms with Crippen LogP contribution in [0.3, 0.4) is 0 Å². The van der Waals surface area contributed by atoms with Gasteiger partial charge in [-0.25, -0.2) is 9.59 Å². The molecule has 0 saturated carbocycles. The zero-order valence-corrected chi connectivity index (χ0v) is 15.2. The van der Waals surface area contributed by atoms with Crippen molar-refractivity contribution in [1.82, 2.24) is 0 Å². The van der Waals surface area contributed by atoms with Gasteiger partial charge in [0.15, 0.2) is 5.57 Å². The van der Waals surface area contributed by atoms with E-state index in [-0.39, 0.29) is 18.8 Å². The fourth-order valence-electron chi connectivity index (χ4n) is 2.49.